The van der Waals surface area contributed by atoms with Crippen LogP contribution < -0.4 is 5.32 Å². The van der Waals surface area contributed by atoms with Gasteiger partial charge in [0.25, 0.3) is 0 Å². The Balaban J connectivity index is 1.77. The first-order valence-corrected chi connectivity index (χ1v) is 6.60. The Hall–Kier alpha value is -1.65. The molecule has 1 heterocycles. The van der Waals surface area contributed by atoms with E-state index >= 15 is 0 Å². The molecule has 0 spiro atoms. The smallest absolute Gasteiger partial charge is 0.0914 e. The van der Waals surface area contributed by atoms with Gasteiger partial charge in [-0.1, -0.05) is 18.2 Å². The summed E-state index contributed by atoms with van der Waals surface area (Å²) in [6, 6.07) is 8.00. The van der Waals surface area contributed by atoms with Crippen LogP contribution in [0.3, 0.4) is 0 Å². The van der Waals surface area contributed by atoms with E-state index in [9.17, 15) is 5.11 Å². The molecule has 0 radical (unpaired) electrons. The van der Waals surface area contributed by atoms with Gasteiger partial charge in [0.1, 0.15) is 0 Å². The zero-order valence-corrected chi connectivity index (χ0v) is 11.5. The molecule has 2 N–H and O–H groups in total. The fourth-order valence-corrected chi connectivity index (χ4v) is 1.95. The largest absolute Gasteiger partial charge is 0.387 e. The Bertz CT molecular complexity index is 508. The van der Waals surface area contributed by atoms with Crippen molar-refractivity contribution >= 4 is 0 Å². The summed E-state index contributed by atoms with van der Waals surface area (Å²) in [4.78, 5) is 0. The Morgan fingerprint density at radius 3 is 2.84 bits per heavy atom. The van der Waals surface area contributed by atoms with Crippen LogP contribution in [-0.4, -0.2) is 28.0 Å². The minimum Gasteiger partial charge on any atom is -0.387 e. The van der Waals surface area contributed by atoms with Gasteiger partial charge in [-0.3, -0.25) is 4.68 Å². The van der Waals surface area contributed by atoms with E-state index in [-0.39, 0.29) is 0 Å². The zero-order valence-electron chi connectivity index (χ0n) is 11.5. The molecule has 0 aliphatic carbocycles. The molecule has 1 aromatic heterocycles. The molecule has 0 bridgehead atoms. The Kier molecular flexibility index (Phi) is 4.71. The number of nitrogens with one attached hydrogen (secondary N) is 1. The second-order valence-corrected chi connectivity index (χ2v) is 4.83. The highest BCUT2D eigenvalue weighted by Crippen LogP contribution is 2.16. The van der Waals surface area contributed by atoms with Crippen LogP contribution in [-0.2, 0) is 6.54 Å². The monoisotopic (exact) mass is 259 g/mol. The molecule has 2 aromatic rings. The number of aryl methyl sites for hydroxylation is 2. The summed E-state index contributed by atoms with van der Waals surface area (Å²) >= 11 is 0. The van der Waals surface area contributed by atoms with Crippen molar-refractivity contribution in [1.29, 1.82) is 0 Å². The van der Waals surface area contributed by atoms with E-state index in [0.29, 0.717) is 6.54 Å². The molecule has 1 atom stereocenters. The summed E-state index contributed by atoms with van der Waals surface area (Å²) < 4.78 is 1.87. The summed E-state index contributed by atoms with van der Waals surface area (Å²) in [5.41, 5.74) is 3.44. The number of aliphatic hydroxyl groups excluding tert-OH is 1. The van der Waals surface area contributed by atoms with Gasteiger partial charge >= 0.3 is 0 Å². The van der Waals surface area contributed by atoms with Crippen molar-refractivity contribution in [3.8, 4) is 0 Å². The second kappa shape index (κ2) is 6.50. The number of hydrogen-bond acceptors (Lipinski definition) is 3. The van der Waals surface area contributed by atoms with Gasteiger partial charge in [-0.25, -0.2) is 0 Å². The van der Waals surface area contributed by atoms with E-state index in [1.165, 1.54) is 11.1 Å². The second-order valence-electron chi connectivity index (χ2n) is 4.83. The third-order valence-corrected chi connectivity index (χ3v) is 3.33. The van der Waals surface area contributed by atoms with E-state index in [1.54, 1.807) is 6.20 Å². The lowest BCUT2D eigenvalue weighted by molar-refractivity contribution is 0.174. The molecule has 0 saturated heterocycles. The third-order valence-electron chi connectivity index (χ3n) is 3.33. The number of aromatic nitrogens is 2. The molecule has 4 heteroatoms. The number of rotatable bonds is 6. The summed E-state index contributed by atoms with van der Waals surface area (Å²) in [7, 11) is 0. The van der Waals surface area contributed by atoms with Crippen molar-refractivity contribution in [3.05, 3.63) is 53.3 Å². The van der Waals surface area contributed by atoms with Crippen LogP contribution in [0.4, 0.5) is 0 Å². The minimum absolute atomic E-state index is 0.461. The first kappa shape index (κ1) is 13.8. The Morgan fingerprint density at radius 1 is 1.32 bits per heavy atom. The molecule has 4 nitrogen and oxygen atoms in total. The predicted octanol–water partition coefficient (Wildman–Crippen LogP) is 1.82. The van der Waals surface area contributed by atoms with Gasteiger partial charge in [-0.05, 0) is 36.6 Å². The first-order chi connectivity index (χ1) is 9.16. The molecular weight excluding hydrogens is 238 g/mol. The summed E-state index contributed by atoms with van der Waals surface area (Å²) in [5.74, 6) is 0. The molecule has 0 fully saturated rings. The quantitative estimate of drug-likeness (QED) is 0.778. The normalized spacial score (nSPS) is 12.6. The van der Waals surface area contributed by atoms with E-state index in [2.05, 4.69) is 36.4 Å². The SMILES string of the molecule is Cc1ccc(C(O)CNCCn2cccn2)cc1C. The van der Waals surface area contributed by atoms with Gasteiger partial charge in [0.15, 0.2) is 0 Å². The topological polar surface area (TPSA) is 50.1 Å². The van der Waals surface area contributed by atoms with E-state index in [4.69, 9.17) is 0 Å². The molecule has 1 unspecified atom stereocenters. The Labute approximate surface area is 114 Å². The van der Waals surface area contributed by atoms with Crippen LogP contribution in [0, 0.1) is 13.8 Å². The van der Waals surface area contributed by atoms with Gasteiger partial charge < -0.3 is 10.4 Å². The van der Waals surface area contributed by atoms with Crippen molar-refractivity contribution in [2.24, 2.45) is 0 Å². The summed E-state index contributed by atoms with van der Waals surface area (Å²) in [5, 5.41) is 17.5. The minimum atomic E-state index is -0.461. The molecular formula is C15H21N3O. The van der Waals surface area contributed by atoms with Crippen LogP contribution in [0.1, 0.15) is 22.8 Å². The third kappa shape index (κ3) is 3.91. The lowest BCUT2D eigenvalue weighted by atomic mass is 10.0. The van der Waals surface area contributed by atoms with Crippen LogP contribution in [0.2, 0.25) is 0 Å². The van der Waals surface area contributed by atoms with Crippen molar-refractivity contribution in [2.75, 3.05) is 13.1 Å². The van der Waals surface area contributed by atoms with E-state index < -0.39 is 6.10 Å². The molecule has 102 valence electrons. The summed E-state index contributed by atoms with van der Waals surface area (Å²) in [6.45, 7) is 6.31. The highest BCUT2D eigenvalue weighted by Gasteiger charge is 2.07. The average molecular weight is 259 g/mol. The fraction of sp³-hybridized carbons (Fsp3) is 0.400. The number of benzene rings is 1. The predicted molar refractivity (Wildman–Crippen MR) is 76.0 cm³/mol. The number of aliphatic hydroxyl groups is 1. The molecule has 19 heavy (non-hydrogen) atoms. The van der Waals surface area contributed by atoms with Gasteiger partial charge in [0.05, 0.1) is 12.6 Å². The van der Waals surface area contributed by atoms with Crippen LogP contribution in [0.25, 0.3) is 0 Å². The maximum absolute atomic E-state index is 10.1. The first-order valence-electron chi connectivity index (χ1n) is 6.60. The van der Waals surface area contributed by atoms with Crippen LogP contribution >= 0.6 is 0 Å². The maximum Gasteiger partial charge on any atom is 0.0914 e. The van der Waals surface area contributed by atoms with Crippen LogP contribution in [0.15, 0.2) is 36.7 Å². The van der Waals surface area contributed by atoms with Crippen molar-refractivity contribution < 1.29 is 5.11 Å². The van der Waals surface area contributed by atoms with Gasteiger partial charge in [0.2, 0.25) is 0 Å². The van der Waals surface area contributed by atoms with Gasteiger partial charge in [-0.15, -0.1) is 0 Å². The number of hydrogen-bond donors (Lipinski definition) is 2. The van der Waals surface area contributed by atoms with Crippen molar-refractivity contribution in [3.63, 3.8) is 0 Å². The molecule has 0 amide bonds. The molecule has 1 aromatic carbocycles. The maximum atomic E-state index is 10.1. The summed E-state index contributed by atoms with van der Waals surface area (Å²) in [6.07, 6.45) is 3.24. The molecule has 0 aliphatic rings. The number of nitrogens with zero attached hydrogens (tertiary/aromatic N) is 2. The van der Waals surface area contributed by atoms with Crippen molar-refractivity contribution in [1.82, 2.24) is 15.1 Å². The van der Waals surface area contributed by atoms with Gasteiger partial charge in [-0.2, -0.15) is 5.10 Å². The standard InChI is InChI=1S/C15H21N3O/c1-12-4-5-14(10-13(12)2)15(19)11-16-7-9-18-8-3-6-17-18/h3-6,8,10,15-16,19H,7,9,11H2,1-2H3. The molecule has 0 aliphatic heterocycles. The van der Waals surface area contributed by atoms with E-state index in [0.717, 1.165) is 18.7 Å². The Morgan fingerprint density at radius 2 is 2.16 bits per heavy atom. The molecule has 0 saturated carbocycles. The van der Waals surface area contributed by atoms with E-state index in [1.807, 2.05) is 23.0 Å². The zero-order chi connectivity index (χ0) is 13.7. The highest BCUT2D eigenvalue weighted by atomic mass is 16.3. The average Bonchev–Trinajstić information content (AvgIpc) is 2.91. The lowest BCUT2D eigenvalue weighted by Gasteiger charge is -2.13. The van der Waals surface area contributed by atoms with Crippen LogP contribution in [0.5, 0.6) is 0 Å². The van der Waals surface area contributed by atoms with Crippen molar-refractivity contribution in [2.45, 2.75) is 26.5 Å². The fourth-order valence-electron chi connectivity index (χ4n) is 1.95. The lowest BCUT2D eigenvalue weighted by Crippen LogP contribution is -2.25. The highest BCUT2D eigenvalue weighted by molar-refractivity contribution is 5.31. The molecule has 2 rings (SSSR count). The van der Waals surface area contributed by atoms with Gasteiger partial charge in [0, 0.05) is 25.5 Å².